The minimum Gasteiger partial charge on any atom is -0.385 e. The topological polar surface area (TPSA) is 76.1 Å². The maximum Gasteiger partial charge on any atom is 0.262 e. The van der Waals surface area contributed by atoms with Gasteiger partial charge in [0.25, 0.3) is 11.5 Å². The largest absolute Gasteiger partial charge is 0.385 e. The predicted molar refractivity (Wildman–Crippen MR) is 113 cm³/mol. The van der Waals surface area contributed by atoms with E-state index in [1.54, 1.807) is 29.9 Å². The molecule has 2 aromatic rings. The van der Waals surface area contributed by atoms with Crippen molar-refractivity contribution < 1.29 is 9.53 Å². The molecule has 1 aliphatic rings. The number of aromatic nitrogens is 2. The van der Waals surface area contributed by atoms with Gasteiger partial charge in [0.05, 0.1) is 10.9 Å². The molecule has 0 aliphatic heterocycles. The van der Waals surface area contributed by atoms with Crippen LogP contribution in [-0.4, -0.2) is 35.2 Å². The molecular weight excluding hydrogens is 374 g/mol. The molecule has 1 aliphatic carbocycles. The molecule has 3 rings (SSSR count). The zero-order valence-corrected chi connectivity index (χ0v) is 17.4. The van der Waals surface area contributed by atoms with Gasteiger partial charge in [0.1, 0.15) is 0 Å². The Morgan fingerprint density at radius 1 is 1.32 bits per heavy atom. The van der Waals surface area contributed by atoms with Gasteiger partial charge in [-0.15, -0.1) is 0 Å². The number of amides is 1. The highest BCUT2D eigenvalue weighted by atomic mass is 32.1. The summed E-state index contributed by atoms with van der Waals surface area (Å²) in [5, 5.41) is 3.68. The third-order valence-corrected chi connectivity index (χ3v) is 6.06. The van der Waals surface area contributed by atoms with Crippen LogP contribution in [0.25, 0.3) is 10.9 Å². The van der Waals surface area contributed by atoms with Crippen LogP contribution in [0.2, 0.25) is 0 Å². The van der Waals surface area contributed by atoms with Crippen molar-refractivity contribution in [2.45, 2.75) is 58.0 Å². The van der Waals surface area contributed by atoms with Crippen molar-refractivity contribution >= 4 is 29.0 Å². The number of fused-ring (bicyclic) bond motifs is 1. The lowest BCUT2D eigenvalue weighted by Crippen LogP contribution is -2.37. The van der Waals surface area contributed by atoms with Crippen molar-refractivity contribution in [1.82, 2.24) is 14.9 Å². The number of benzene rings is 1. The average molecular weight is 404 g/mol. The van der Waals surface area contributed by atoms with E-state index in [2.05, 4.69) is 17.2 Å². The molecule has 0 bridgehead atoms. The van der Waals surface area contributed by atoms with Gasteiger partial charge < -0.3 is 15.0 Å². The Hall–Kier alpha value is -1.99. The van der Waals surface area contributed by atoms with Crippen LogP contribution in [0, 0.1) is 10.7 Å². The highest BCUT2D eigenvalue weighted by Gasteiger charge is 2.22. The molecule has 0 saturated heterocycles. The molecule has 1 fully saturated rings. The molecule has 0 atom stereocenters. The normalized spacial score (nSPS) is 19.6. The number of carbonyl (C=O) groups excluding carboxylic acids is 1. The summed E-state index contributed by atoms with van der Waals surface area (Å²) in [6, 6.07) is 5.38. The van der Waals surface area contributed by atoms with E-state index >= 15 is 0 Å². The second-order valence-corrected chi connectivity index (χ2v) is 7.98. The summed E-state index contributed by atoms with van der Waals surface area (Å²) in [7, 11) is 1.63. The van der Waals surface area contributed by atoms with E-state index < -0.39 is 0 Å². The highest BCUT2D eigenvalue weighted by molar-refractivity contribution is 7.71. The Morgan fingerprint density at radius 2 is 2.07 bits per heavy atom. The second-order valence-electron chi connectivity index (χ2n) is 7.59. The predicted octanol–water partition coefficient (Wildman–Crippen LogP) is 3.79. The monoisotopic (exact) mass is 403 g/mol. The summed E-state index contributed by atoms with van der Waals surface area (Å²) < 4.78 is 6.95. The fraction of sp³-hybridized carbons (Fsp3) is 0.571. The Morgan fingerprint density at radius 3 is 2.75 bits per heavy atom. The van der Waals surface area contributed by atoms with Crippen LogP contribution < -0.4 is 10.9 Å². The van der Waals surface area contributed by atoms with Crippen molar-refractivity contribution in [3.8, 4) is 0 Å². The summed E-state index contributed by atoms with van der Waals surface area (Å²) in [5.74, 6) is 0.699. The minimum atomic E-state index is -0.139. The van der Waals surface area contributed by atoms with E-state index in [0.29, 0.717) is 40.8 Å². The summed E-state index contributed by atoms with van der Waals surface area (Å²) in [6.45, 7) is 3.30. The van der Waals surface area contributed by atoms with Crippen molar-refractivity contribution in [2.75, 3.05) is 13.7 Å². The first-order valence-corrected chi connectivity index (χ1v) is 10.5. The van der Waals surface area contributed by atoms with Crippen molar-refractivity contribution in [3.05, 3.63) is 38.9 Å². The van der Waals surface area contributed by atoms with Gasteiger partial charge >= 0.3 is 0 Å². The molecular formula is C21H29N3O3S. The number of H-pyrrole nitrogens is 1. The lowest BCUT2D eigenvalue weighted by molar-refractivity contribution is 0.0921. The van der Waals surface area contributed by atoms with Gasteiger partial charge in [0, 0.05) is 31.9 Å². The fourth-order valence-electron chi connectivity index (χ4n) is 3.95. The molecule has 6 nitrogen and oxygen atoms in total. The van der Waals surface area contributed by atoms with Crippen LogP contribution in [0.5, 0.6) is 0 Å². The van der Waals surface area contributed by atoms with Crippen LogP contribution in [0.1, 0.15) is 55.8 Å². The van der Waals surface area contributed by atoms with Crippen LogP contribution >= 0.6 is 12.2 Å². The van der Waals surface area contributed by atoms with Crippen LogP contribution in [0.3, 0.4) is 0 Å². The Bertz CT molecular complexity index is 942. The Kier molecular flexibility index (Phi) is 7.02. The lowest BCUT2D eigenvalue weighted by Gasteiger charge is -2.28. The van der Waals surface area contributed by atoms with Crippen molar-refractivity contribution in [1.29, 1.82) is 0 Å². The first-order chi connectivity index (χ1) is 13.5. The van der Waals surface area contributed by atoms with Gasteiger partial charge in [-0.1, -0.05) is 13.3 Å². The average Bonchev–Trinajstić information content (AvgIpc) is 2.70. The minimum absolute atomic E-state index is 0.0922. The molecule has 152 valence electrons. The van der Waals surface area contributed by atoms with E-state index in [-0.39, 0.29) is 17.5 Å². The Labute approximate surface area is 170 Å². The molecule has 0 radical (unpaired) electrons. The maximum atomic E-state index is 12.7. The zero-order valence-electron chi connectivity index (χ0n) is 16.6. The molecule has 1 saturated carbocycles. The second kappa shape index (κ2) is 9.47. The number of aromatic amines is 1. The molecule has 1 heterocycles. The van der Waals surface area contributed by atoms with E-state index in [1.807, 2.05) is 0 Å². The van der Waals surface area contributed by atoms with Crippen molar-refractivity contribution in [3.63, 3.8) is 0 Å². The van der Waals surface area contributed by atoms with Crippen molar-refractivity contribution in [2.24, 2.45) is 5.92 Å². The molecule has 28 heavy (non-hydrogen) atoms. The van der Waals surface area contributed by atoms with Gasteiger partial charge in [-0.05, 0) is 68.4 Å². The van der Waals surface area contributed by atoms with Gasteiger partial charge in [0.2, 0.25) is 0 Å². The highest BCUT2D eigenvalue weighted by Crippen LogP contribution is 2.26. The van der Waals surface area contributed by atoms with Gasteiger partial charge in [-0.3, -0.25) is 14.2 Å². The smallest absolute Gasteiger partial charge is 0.262 e. The summed E-state index contributed by atoms with van der Waals surface area (Å²) in [4.78, 5) is 28.5. The SMILES string of the molecule is CCC1CCC(NC(=O)c2ccc3c(=O)n(CCCOC)c(=S)[nH]c3c2)CC1. The number of rotatable bonds is 7. The fourth-order valence-corrected chi connectivity index (χ4v) is 4.23. The number of hydrogen-bond donors (Lipinski definition) is 2. The number of nitrogens with zero attached hydrogens (tertiary/aromatic N) is 1. The molecule has 1 aromatic carbocycles. The molecule has 0 unspecified atom stereocenters. The first kappa shape index (κ1) is 20.7. The quantitative estimate of drug-likeness (QED) is 0.545. The van der Waals surface area contributed by atoms with E-state index in [0.717, 1.165) is 18.8 Å². The number of ether oxygens (including phenoxy) is 1. The standard InChI is InChI=1S/C21H29N3O3S/c1-3-14-5-8-16(9-6-14)22-19(25)15-7-10-17-18(13-15)23-21(28)24(20(17)26)11-4-12-27-2/h7,10,13-14,16H,3-6,8-9,11-12H2,1-2H3,(H,22,25)(H,23,28). The third kappa shape index (κ3) is 4.70. The number of methoxy groups -OCH3 is 1. The lowest BCUT2D eigenvalue weighted by atomic mass is 9.84. The third-order valence-electron chi connectivity index (χ3n) is 5.73. The van der Waals surface area contributed by atoms with Crippen LogP contribution in [0.4, 0.5) is 0 Å². The van der Waals surface area contributed by atoms with Crippen LogP contribution in [0.15, 0.2) is 23.0 Å². The molecule has 2 N–H and O–H groups in total. The van der Waals surface area contributed by atoms with E-state index in [9.17, 15) is 9.59 Å². The zero-order chi connectivity index (χ0) is 20.1. The van der Waals surface area contributed by atoms with Gasteiger partial charge in [-0.2, -0.15) is 0 Å². The molecule has 7 heteroatoms. The molecule has 1 aromatic heterocycles. The van der Waals surface area contributed by atoms with E-state index in [4.69, 9.17) is 17.0 Å². The summed E-state index contributed by atoms with van der Waals surface area (Å²) in [5.41, 5.74) is 1.01. The number of hydrogen-bond acceptors (Lipinski definition) is 4. The number of carbonyl (C=O) groups is 1. The summed E-state index contributed by atoms with van der Waals surface area (Å²) >= 11 is 5.34. The van der Waals surface area contributed by atoms with E-state index in [1.165, 1.54) is 19.3 Å². The van der Waals surface area contributed by atoms with Crippen LogP contribution in [-0.2, 0) is 11.3 Å². The molecule has 1 amide bonds. The summed E-state index contributed by atoms with van der Waals surface area (Å²) in [6.07, 6.45) is 6.34. The maximum absolute atomic E-state index is 12.7. The Balaban J connectivity index is 1.76. The van der Waals surface area contributed by atoms with Gasteiger partial charge in [0.15, 0.2) is 4.77 Å². The molecule has 0 spiro atoms. The number of nitrogens with one attached hydrogen (secondary N) is 2. The van der Waals surface area contributed by atoms with Gasteiger partial charge in [-0.25, -0.2) is 0 Å². The first-order valence-electron chi connectivity index (χ1n) is 10.1.